The van der Waals surface area contributed by atoms with Crippen LogP contribution >= 0.6 is 0 Å². The molecular weight excluding hydrogens is 354 g/mol. The Kier molecular flexibility index (Phi) is 5.37. The van der Waals surface area contributed by atoms with Crippen molar-refractivity contribution in [2.24, 2.45) is 0 Å². The van der Waals surface area contributed by atoms with Crippen LogP contribution in [0.2, 0.25) is 0 Å². The van der Waals surface area contributed by atoms with Crippen molar-refractivity contribution >= 4 is 16.9 Å². The average Bonchev–Trinajstić information content (AvgIpc) is 2.74. The number of carbonyl (C=O) groups excluding carboxylic acids is 1. The molecule has 6 heteroatoms. The standard InChI is InChI=1S/C22H23N3O3/c1-16(27-17-7-3-2-4-8-17)22(26)25-13-11-18(12-14-25)28-21-15-23-19-9-5-6-10-20(19)24-21/h2-10,15-16,18H,11-14H2,1H3. The summed E-state index contributed by atoms with van der Waals surface area (Å²) in [6.45, 7) is 3.09. The van der Waals surface area contributed by atoms with Crippen molar-refractivity contribution in [3.63, 3.8) is 0 Å². The molecule has 3 aromatic rings. The summed E-state index contributed by atoms with van der Waals surface area (Å²) in [5.74, 6) is 1.24. The van der Waals surface area contributed by atoms with Gasteiger partial charge >= 0.3 is 0 Å². The summed E-state index contributed by atoms with van der Waals surface area (Å²) in [5, 5.41) is 0. The smallest absolute Gasteiger partial charge is 0.263 e. The highest BCUT2D eigenvalue weighted by molar-refractivity contribution is 5.81. The van der Waals surface area contributed by atoms with Gasteiger partial charge in [0.05, 0.1) is 17.2 Å². The lowest BCUT2D eigenvalue weighted by Crippen LogP contribution is -2.46. The molecule has 1 fully saturated rings. The first-order valence-electron chi connectivity index (χ1n) is 9.58. The van der Waals surface area contributed by atoms with Crippen molar-refractivity contribution in [3.8, 4) is 11.6 Å². The van der Waals surface area contributed by atoms with Gasteiger partial charge in [-0.3, -0.25) is 4.79 Å². The number of hydrogen-bond acceptors (Lipinski definition) is 5. The second-order valence-corrected chi connectivity index (χ2v) is 6.91. The maximum absolute atomic E-state index is 12.7. The number of nitrogens with zero attached hydrogens (tertiary/aromatic N) is 3. The molecular formula is C22H23N3O3. The molecule has 1 unspecified atom stereocenters. The Balaban J connectivity index is 1.30. The molecule has 2 aromatic carbocycles. The third-order valence-corrected chi connectivity index (χ3v) is 4.87. The number of rotatable bonds is 5. The Labute approximate surface area is 164 Å². The van der Waals surface area contributed by atoms with Gasteiger partial charge in [0, 0.05) is 25.9 Å². The Morgan fingerprint density at radius 3 is 2.46 bits per heavy atom. The zero-order valence-electron chi connectivity index (χ0n) is 15.8. The number of carbonyl (C=O) groups is 1. The van der Waals surface area contributed by atoms with Crippen molar-refractivity contribution in [2.75, 3.05) is 13.1 Å². The molecule has 0 saturated carbocycles. The summed E-state index contributed by atoms with van der Waals surface area (Å²) in [6.07, 6.45) is 2.71. The number of aromatic nitrogens is 2. The van der Waals surface area contributed by atoms with E-state index in [9.17, 15) is 4.79 Å². The minimum atomic E-state index is -0.508. The van der Waals surface area contributed by atoms with Gasteiger partial charge in [0.25, 0.3) is 5.91 Å². The van der Waals surface area contributed by atoms with Crippen LogP contribution in [0.4, 0.5) is 0 Å². The molecule has 1 atom stereocenters. The number of ether oxygens (including phenoxy) is 2. The van der Waals surface area contributed by atoms with Crippen LogP contribution in [0.3, 0.4) is 0 Å². The van der Waals surface area contributed by atoms with Gasteiger partial charge < -0.3 is 14.4 Å². The van der Waals surface area contributed by atoms with Crippen LogP contribution in [0.5, 0.6) is 11.6 Å². The summed E-state index contributed by atoms with van der Waals surface area (Å²) in [5.41, 5.74) is 1.67. The molecule has 28 heavy (non-hydrogen) atoms. The van der Waals surface area contributed by atoms with E-state index in [0.717, 1.165) is 23.9 Å². The monoisotopic (exact) mass is 377 g/mol. The van der Waals surface area contributed by atoms with Gasteiger partial charge in [0.2, 0.25) is 5.88 Å². The number of benzene rings is 2. The largest absolute Gasteiger partial charge is 0.481 e. The molecule has 1 aliphatic heterocycles. The Morgan fingerprint density at radius 2 is 1.71 bits per heavy atom. The Morgan fingerprint density at radius 1 is 1.04 bits per heavy atom. The quantitative estimate of drug-likeness (QED) is 0.681. The minimum absolute atomic E-state index is 0.00722. The molecule has 0 radical (unpaired) electrons. The topological polar surface area (TPSA) is 64.5 Å². The molecule has 1 aliphatic rings. The van der Waals surface area contributed by atoms with E-state index in [0.29, 0.717) is 24.7 Å². The summed E-state index contributed by atoms with van der Waals surface area (Å²) in [7, 11) is 0. The fraction of sp³-hybridized carbons (Fsp3) is 0.318. The Bertz CT molecular complexity index is 940. The van der Waals surface area contributed by atoms with Crippen molar-refractivity contribution in [1.29, 1.82) is 0 Å². The van der Waals surface area contributed by atoms with Gasteiger partial charge in [0.1, 0.15) is 11.9 Å². The van der Waals surface area contributed by atoms with Crippen molar-refractivity contribution in [3.05, 3.63) is 60.8 Å². The molecule has 1 amide bonds. The zero-order chi connectivity index (χ0) is 19.3. The normalized spacial score (nSPS) is 16.0. The highest BCUT2D eigenvalue weighted by Crippen LogP contribution is 2.20. The first-order chi connectivity index (χ1) is 13.7. The first-order valence-corrected chi connectivity index (χ1v) is 9.58. The SMILES string of the molecule is CC(Oc1ccccc1)C(=O)N1CCC(Oc2cnc3ccccc3n2)CC1. The maximum atomic E-state index is 12.7. The summed E-state index contributed by atoms with van der Waals surface area (Å²) in [4.78, 5) is 23.4. The van der Waals surface area contributed by atoms with Crippen LogP contribution in [-0.2, 0) is 4.79 Å². The number of para-hydroxylation sites is 3. The lowest BCUT2D eigenvalue weighted by molar-refractivity contribution is -0.139. The third-order valence-electron chi connectivity index (χ3n) is 4.87. The molecule has 1 aromatic heterocycles. The van der Waals surface area contributed by atoms with E-state index in [4.69, 9.17) is 9.47 Å². The average molecular weight is 377 g/mol. The molecule has 1 saturated heterocycles. The van der Waals surface area contributed by atoms with Crippen LogP contribution < -0.4 is 9.47 Å². The summed E-state index contributed by atoms with van der Waals surface area (Å²) >= 11 is 0. The molecule has 144 valence electrons. The second-order valence-electron chi connectivity index (χ2n) is 6.91. The highest BCUT2D eigenvalue weighted by atomic mass is 16.5. The molecule has 0 bridgehead atoms. The fourth-order valence-corrected chi connectivity index (χ4v) is 3.37. The molecule has 2 heterocycles. The molecule has 6 nitrogen and oxygen atoms in total. The lowest BCUT2D eigenvalue weighted by Gasteiger charge is -2.33. The molecule has 4 rings (SSSR count). The van der Waals surface area contributed by atoms with Crippen LogP contribution in [0.15, 0.2) is 60.8 Å². The van der Waals surface area contributed by atoms with Crippen LogP contribution in [-0.4, -0.2) is 46.1 Å². The number of amides is 1. The van der Waals surface area contributed by atoms with Crippen molar-refractivity contribution < 1.29 is 14.3 Å². The van der Waals surface area contributed by atoms with E-state index >= 15 is 0 Å². The van der Waals surface area contributed by atoms with Crippen LogP contribution in [0, 0.1) is 0 Å². The number of piperidine rings is 1. The van der Waals surface area contributed by atoms with E-state index in [-0.39, 0.29) is 12.0 Å². The zero-order valence-corrected chi connectivity index (χ0v) is 15.8. The maximum Gasteiger partial charge on any atom is 0.263 e. The van der Waals surface area contributed by atoms with Crippen molar-refractivity contribution in [1.82, 2.24) is 14.9 Å². The summed E-state index contributed by atoms with van der Waals surface area (Å²) in [6, 6.07) is 17.1. The van der Waals surface area contributed by atoms with Crippen LogP contribution in [0.1, 0.15) is 19.8 Å². The van der Waals surface area contributed by atoms with Gasteiger partial charge in [-0.05, 0) is 31.2 Å². The predicted molar refractivity (Wildman–Crippen MR) is 106 cm³/mol. The number of likely N-dealkylation sites (tertiary alicyclic amines) is 1. The third kappa shape index (κ3) is 4.22. The lowest BCUT2D eigenvalue weighted by atomic mass is 10.1. The predicted octanol–water partition coefficient (Wildman–Crippen LogP) is 3.47. The van der Waals surface area contributed by atoms with E-state index in [1.54, 1.807) is 13.1 Å². The molecule has 0 aliphatic carbocycles. The van der Waals surface area contributed by atoms with Crippen molar-refractivity contribution in [2.45, 2.75) is 32.0 Å². The van der Waals surface area contributed by atoms with Gasteiger partial charge in [0.15, 0.2) is 6.10 Å². The van der Waals surface area contributed by atoms with E-state index in [2.05, 4.69) is 9.97 Å². The minimum Gasteiger partial charge on any atom is -0.481 e. The highest BCUT2D eigenvalue weighted by Gasteiger charge is 2.28. The number of hydrogen-bond donors (Lipinski definition) is 0. The van der Waals surface area contributed by atoms with E-state index < -0.39 is 6.10 Å². The van der Waals surface area contributed by atoms with Gasteiger partial charge in [-0.1, -0.05) is 30.3 Å². The molecule has 0 N–H and O–H groups in total. The first kappa shape index (κ1) is 18.2. The second kappa shape index (κ2) is 8.25. The van der Waals surface area contributed by atoms with E-state index in [1.165, 1.54) is 0 Å². The number of fused-ring (bicyclic) bond motifs is 1. The molecule has 0 spiro atoms. The Hall–Kier alpha value is -3.15. The summed E-state index contributed by atoms with van der Waals surface area (Å²) < 4.78 is 11.8. The van der Waals surface area contributed by atoms with Gasteiger partial charge in [-0.2, -0.15) is 0 Å². The van der Waals surface area contributed by atoms with Gasteiger partial charge in [-0.25, -0.2) is 9.97 Å². The van der Waals surface area contributed by atoms with Gasteiger partial charge in [-0.15, -0.1) is 0 Å². The fourth-order valence-electron chi connectivity index (χ4n) is 3.37. The van der Waals surface area contributed by atoms with Crippen LogP contribution in [0.25, 0.3) is 11.0 Å². The van der Waals surface area contributed by atoms with E-state index in [1.807, 2.05) is 59.5 Å².